The van der Waals surface area contributed by atoms with E-state index in [1.165, 1.54) is 23.2 Å². The van der Waals surface area contributed by atoms with E-state index in [4.69, 9.17) is 4.74 Å². The first-order valence-corrected chi connectivity index (χ1v) is 6.70. The van der Waals surface area contributed by atoms with Crippen LogP contribution in [0.25, 0.3) is 0 Å². The Hall–Kier alpha value is -2.43. The van der Waals surface area contributed by atoms with Gasteiger partial charge < -0.3 is 9.64 Å². The van der Waals surface area contributed by atoms with Crippen LogP contribution in [0.15, 0.2) is 42.6 Å². The first-order chi connectivity index (χ1) is 10.1. The van der Waals surface area contributed by atoms with Gasteiger partial charge in [0.2, 0.25) is 5.95 Å². The highest BCUT2D eigenvalue weighted by molar-refractivity contribution is 5.93. The van der Waals surface area contributed by atoms with E-state index in [1.54, 1.807) is 7.05 Å². The smallest absolute Gasteiger partial charge is 0.258 e. The summed E-state index contributed by atoms with van der Waals surface area (Å²) in [6, 6.07) is 10.4. The van der Waals surface area contributed by atoms with E-state index in [9.17, 15) is 9.18 Å². The summed E-state index contributed by atoms with van der Waals surface area (Å²) in [4.78, 5) is 17.2. The summed E-state index contributed by atoms with van der Waals surface area (Å²) < 4.78 is 19.1. The Morgan fingerprint density at radius 3 is 2.76 bits per heavy atom. The van der Waals surface area contributed by atoms with Crippen molar-refractivity contribution in [1.82, 2.24) is 9.88 Å². The van der Waals surface area contributed by atoms with E-state index in [1.807, 2.05) is 31.2 Å². The van der Waals surface area contributed by atoms with Gasteiger partial charge in [-0.1, -0.05) is 18.2 Å². The van der Waals surface area contributed by atoms with Crippen molar-refractivity contribution in [2.45, 2.75) is 13.5 Å². The second-order valence-corrected chi connectivity index (χ2v) is 4.54. The maximum Gasteiger partial charge on any atom is 0.258 e. The molecule has 0 radical (unpaired) electrons. The molecule has 2 aromatic rings. The highest BCUT2D eigenvalue weighted by atomic mass is 19.1. The fraction of sp³-hybridized carbons (Fsp3) is 0.250. The molecular weight excluding hydrogens is 271 g/mol. The molecule has 0 N–H and O–H groups in total. The summed E-state index contributed by atoms with van der Waals surface area (Å²) in [7, 11) is 1.62. The van der Waals surface area contributed by atoms with Crippen molar-refractivity contribution >= 4 is 5.91 Å². The number of amides is 1. The minimum Gasteiger partial charge on any atom is -0.494 e. The normalized spacial score (nSPS) is 10.2. The number of pyridine rings is 1. The lowest BCUT2D eigenvalue weighted by Crippen LogP contribution is -2.27. The first kappa shape index (κ1) is 15.0. The van der Waals surface area contributed by atoms with Crippen molar-refractivity contribution in [3.63, 3.8) is 0 Å². The maximum atomic E-state index is 13.6. The summed E-state index contributed by atoms with van der Waals surface area (Å²) in [6.07, 6.45) is 1.32. The molecule has 1 amide bonds. The minimum absolute atomic E-state index is 0.0334. The van der Waals surface area contributed by atoms with E-state index in [-0.39, 0.29) is 5.56 Å². The van der Waals surface area contributed by atoms with Gasteiger partial charge in [-0.15, -0.1) is 0 Å². The Kier molecular flexibility index (Phi) is 4.87. The van der Waals surface area contributed by atoms with Gasteiger partial charge in [-0.2, -0.15) is 4.39 Å². The van der Waals surface area contributed by atoms with Crippen molar-refractivity contribution in [3.05, 3.63) is 59.7 Å². The van der Waals surface area contributed by atoms with Crippen LogP contribution in [-0.2, 0) is 6.54 Å². The number of hydrogen-bond acceptors (Lipinski definition) is 3. The number of benzene rings is 1. The second-order valence-electron chi connectivity index (χ2n) is 4.54. The number of rotatable bonds is 5. The predicted molar refractivity (Wildman–Crippen MR) is 77.6 cm³/mol. The van der Waals surface area contributed by atoms with Crippen molar-refractivity contribution < 1.29 is 13.9 Å². The fourth-order valence-electron chi connectivity index (χ4n) is 2.01. The highest BCUT2D eigenvalue weighted by Gasteiger charge is 2.17. The summed E-state index contributed by atoms with van der Waals surface area (Å²) in [5.41, 5.74) is 0.841. The van der Waals surface area contributed by atoms with Crippen LogP contribution in [0.1, 0.15) is 22.8 Å². The third-order valence-corrected chi connectivity index (χ3v) is 3.02. The Labute approximate surface area is 123 Å². The average Bonchev–Trinajstić information content (AvgIpc) is 2.49. The molecule has 0 atom stereocenters. The molecule has 0 aliphatic heterocycles. The Bertz CT molecular complexity index is 631. The summed E-state index contributed by atoms with van der Waals surface area (Å²) in [6.45, 7) is 2.78. The molecule has 2 rings (SSSR count). The van der Waals surface area contributed by atoms with Crippen LogP contribution >= 0.6 is 0 Å². The maximum absolute atomic E-state index is 13.6. The van der Waals surface area contributed by atoms with Crippen LogP contribution in [0.2, 0.25) is 0 Å². The molecule has 0 unspecified atom stereocenters. The zero-order chi connectivity index (χ0) is 15.2. The first-order valence-electron chi connectivity index (χ1n) is 6.70. The number of nitrogens with zero attached hydrogens (tertiary/aromatic N) is 2. The molecule has 0 spiro atoms. The van der Waals surface area contributed by atoms with Crippen LogP contribution in [0, 0.1) is 5.95 Å². The number of hydrogen-bond donors (Lipinski definition) is 0. The zero-order valence-corrected chi connectivity index (χ0v) is 12.0. The molecule has 0 saturated carbocycles. The molecule has 0 fully saturated rings. The van der Waals surface area contributed by atoms with Crippen LogP contribution in [0.5, 0.6) is 5.75 Å². The summed E-state index contributed by atoms with van der Waals surface area (Å²) >= 11 is 0. The predicted octanol–water partition coefficient (Wildman–Crippen LogP) is 2.89. The van der Waals surface area contributed by atoms with Crippen LogP contribution in [0.4, 0.5) is 4.39 Å². The van der Waals surface area contributed by atoms with E-state index < -0.39 is 11.9 Å². The fourth-order valence-corrected chi connectivity index (χ4v) is 2.01. The molecule has 5 heteroatoms. The van der Waals surface area contributed by atoms with E-state index in [0.717, 1.165) is 11.3 Å². The Morgan fingerprint density at radius 2 is 2.05 bits per heavy atom. The molecule has 0 aliphatic rings. The van der Waals surface area contributed by atoms with E-state index in [2.05, 4.69) is 4.98 Å². The third-order valence-electron chi connectivity index (χ3n) is 3.02. The molecule has 0 saturated heterocycles. The molecule has 0 bridgehead atoms. The summed E-state index contributed by atoms with van der Waals surface area (Å²) in [5, 5.41) is 0. The number of halogens is 1. The monoisotopic (exact) mass is 288 g/mol. The van der Waals surface area contributed by atoms with Crippen LogP contribution < -0.4 is 4.74 Å². The lowest BCUT2D eigenvalue weighted by molar-refractivity contribution is 0.0778. The third kappa shape index (κ3) is 3.56. The zero-order valence-electron chi connectivity index (χ0n) is 12.0. The standard InChI is InChI=1S/C16H17FN2O2/c1-3-21-14-9-5-4-7-12(14)11-19(2)16(20)13-8-6-10-18-15(13)17/h4-10H,3,11H2,1-2H3. The molecule has 0 aliphatic carbocycles. The summed E-state index contributed by atoms with van der Waals surface area (Å²) in [5.74, 6) is -0.439. The van der Waals surface area contributed by atoms with Gasteiger partial charge in [0.05, 0.1) is 12.2 Å². The molecule has 1 heterocycles. The van der Waals surface area contributed by atoms with Crippen molar-refractivity contribution in [1.29, 1.82) is 0 Å². The van der Waals surface area contributed by atoms with Gasteiger partial charge in [-0.05, 0) is 25.1 Å². The van der Waals surface area contributed by atoms with Crippen molar-refractivity contribution in [3.8, 4) is 5.75 Å². The minimum atomic E-state index is -0.757. The van der Waals surface area contributed by atoms with Gasteiger partial charge in [0.25, 0.3) is 5.91 Å². The van der Waals surface area contributed by atoms with Gasteiger partial charge in [0.15, 0.2) is 0 Å². The average molecular weight is 288 g/mol. The molecule has 1 aromatic heterocycles. The molecule has 1 aromatic carbocycles. The largest absolute Gasteiger partial charge is 0.494 e. The highest BCUT2D eigenvalue weighted by Crippen LogP contribution is 2.20. The number of ether oxygens (including phenoxy) is 1. The Balaban J connectivity index is 2.17. The Morgan fingerprint density at radius 1 is 1.29 bits per heavy atom. The van der Waals surface area contributed by atoms with Gasteiger partial charge in [0, 0.05) is 25.4 Å². The lowest BCUT2D eigenvalue weighted by Gasteiger charge is -2.19. The van der Waals surface area contributed by atoms with E-state index in [0.29, 0.717) is 13.2 Å². The number of carbonyl (C=O) groups excluding carboxylic acids is 1. The van der Waals surface area contributed by atoms with Crippen LogP contribution in [0.3, 0.4) is 0 Å². The quantitative estimate of drug-likeness (QED) is 0.794. The van der Waals surface area contributed by atoms with Crippen molar-refractivity contribution in [2.75, 3.05) is 13.7 Å². The number of aromatic nitrogens is 1. The molecular formula is C16H17FN2O2. The second kappa shape index (κ2) is 6.83. The van der Waals surface area contributed by atoms with E-state index >= 15 is 0 Å². The van der Waals surface area contributed by atoms with Crippen LogP contribution in [-0.4, -0.2) is 29.4 Å². The SMILES string of the molecule is CCOc1ccccc1CN(C)C(=O)c1cccnc1F. The topological polar surface area (TPSA) is 42.4 Å². The van der Waals surface area contributed by atoms with Gasteiger partial charge in [-0.3, -0.25) is 4.79 Å². The van der Waals surface area contributed by atoms with Crippen molar-refractivity contribution in [2.24, 2.45) is 0 Å². The molecule has 110 valence electrons. The van der Waals surface area contributed by atoms with Gasteiger partial charge >= 0.3 is 0 Å². The molecule has 4 nitrogen and oxygen atoms in total. The lowest BCUT2D eigenvalue weighted by atomic mass is 10.1. The number of para-hydroxylation sites is 1. The van der Waals surface area contributed by atoms with Gasteiger partial charge in [-0.25, -0.2) is 4.98 Å². The van der Waals surface area contributed by atoms with Gasteiger partial charge in [0.1, 0.15) is 5.75 Å². The molecule has 21 heavy (non-hydrogen) atoms. The number of carbonyl (C=O) groups is 1.